The van der Waals surface area contributed by atoms with Crippen LogP contribution in [0.25, 0.3) is 11.0 Å². The fraction of sp³-hybridized carbons (Fsp3) is 0.235. The third kappa shape index (κ3) is 2.62. The Hall–Kier alpha value is -2.20. The Morgan fingerprint density at radius 2 is 2.05 bits per heavy atom. The predicted molar refractivity (Wildman–Crippen MR) is 87.1 cm³/mol. The topological polar surface area (TPSA) is 54.8 Å². The number of aryl methyl sites for hydroxylation is 1. The van der Waals surface area contributed by atoms with Gasteiger partial charge in [-0.25, -0.2) is 9.55 Å². The van der Waals surface area contributed by atoms with Crippen molar-refractivity contribution in [2.75, 3.05) is 5.32 Å². The standard InChI is InChI=1S/C17H18ClN3O/c1-3-21-15-7-5-4-6-14(15)20-17(21)19-11(2)13-10-12(18)8-9-16(13)22/h4-11H,3H2,1-2H3,(H2,19,20,22). The van der Waals surface area contributed by atoms with Gasteiger partial charge in [0.15, 0.2) is 0 Å². The molecule has 0 aliphatic carbocycles. The first-order valence-corrected chi connectivity index (χ1v) is 7.71. The maximum atomic E-state index is 12.0. The van der Waals surface area contributed by atoms with Crippen molar-refractivity contribution in [3.8, 4) is 5.75 Å². The van der Waals surface area contributed by atoms with Crippen molar-refractivity contribution < 1.29 is 9.67 Å². The second-order valence-electron chi connectivity index (χ2n) is 5.28. The summed E-state index contributed by atoms with van der Waals surface area (Å²) in [7, 11) is 0. The van der Waals surface area contributed by atoms with Crippen LogP contribution in [0, 0.1) is 0 Å². The summed E-state index contributed by atoms with van der Waals surface area (Å²) in [6.07, 6.45) is 0. The van der Waals surface area contributed by atoms with E-state index in [2.05, 4.69) is 27.9 Å². The Morgan fingerprint density at radius 3 is 2.82 bits per heavy atom. The fourth-order valence-corrected chi connectivity index (χ4v) is 2.89. The predicted octanol–water partition coefficient (Wildman–Crippen LogP) is 3.38. The van der Waals surface area contributed by atoms with E-state index in [-0.39, 0.29) is 11.8 Å². The monoisotopic (exact) mass is 315 g/mol. The maximum Gasteiger partial charge on any atom is 0.356 e. The van der Waals surface area contributed by atoms with Crippen LogP contribution in [0.3, 0.4) is 0 Å². The van der Waals surface area contributed by atoms with Crippen molar-refractivity contribution in [2.24, 2.45) is 0 Å². The molecule has 0 aliphatic heterocycles. The molecular weight excluding hydrogens is 298 g/mol. The van der Waals surface area contributed by atoms with Gasteiger partial charge in [0.2, 0.25) is 0 Å². The van der Waals surface area contributed by atoms with Crippen LogP contribution in [-0.4, -0.2) is 4.98 Å². The molecule has 3 aromatic rings. The quantitative estimate of drug-likeness (QED) is 0.725. The molecule has 0 bridgehead atoms. The average Bonchev–Trinajstić information content (AvgIpc) is 2.86. The number of benzene rings is 2. The molecule has 0 saturated heterocycles. The largest absolute Gasteiger partial charge is 0.872 e. The summed E-state index contributed by atoms with van der Waals surface area (Å²) in [6, 6.07) is 12.8. The minimum atomic E-state index is -0.142. The van der Waals surface area contributed by atoms with Crippen molar-refractivity contribution in [3.63, 3.8) is 0 Å². The van der Waals surface area contributed by atoms with Crippen molar-refractivity contribution in [3.05, 3.63) is 53.1 Å². The Morgan fingerprint density at radius 1 is 1.27 bits per heavy atom. The maximum absolute atomic E-state index is 12.0. The van der Waals surface area contributed by atoms with Gasteiger partial charge in [0.25, 0.3) is 0 Å². The van der Waals surface area contributed by atoms with Crippen LogP contribution in [0.1, 0.15) is 25.5 Å². The second-order valence-corrected chi connectivity index (χ2v) is 5.72. The highest BCUT2D eigenvalue weighted by Crippen LogP contribution is 2.27. The van der Waals surface area contributed by atoms with Crippen molar-refractivity contribution in [1.29, 1.82) is 0 Å². The van der Waals surface area contributed by atoms with Gasteiger partial charge >= 0.3 is 5.95 Å². The lowest BCUT2D eigenvalue weighted by Crippen LogP contribution is -2.35. The van der Waals surface area contributed by atoms with Crippen LogP contribution in [0.2, 0.25) is 5.02 Å². The Bertz CT molecular complexity index is 813. The summed E-state index contributed by atoms with van der Waals surface area (Å²) in [5, 5.41) is 16.0. The van der Waals surface area contributed by atoms with Crippen LogP contribution in [0.5, 0.6) is 5.75 Å². The molecule has 3 rings (SSSR count). The molecule has 22 heavy (non-hydrogen) atoms. The lowest BCUT2D eigenvalue weighted by Gasteiger charge is -2.18. The highest BCUT2D eigenvalue weighted by Gasteiger charge is 2.19. The summed E-state index contributed by atoms with van der Waals surface area (Å²) in [5.41, 5.74) is 2.86. The van der Waals surface area contributed by atoms with Gasteiger partial charge in [-0.15, -0.1) is 5.75 Å². The first-order chi connectivity index (χ1) is 10.6. The average molecular weight is 316 g/mol. The Balaban J connectivity index is 1.97. The molecule has 1 aromatic heterocycles. The summed E-state index contributed by atoms with van der Waals surface area (Å²) in [5.74, 6) is 0.874. The van der Waals surface area contributed by atoms with Gasteiger partial charge in [-0.05, 0) is 43.7 Å². The highest BCUT2D eigenvalue weighted by molar-refractivity contribution is 6.30. The molecule has 114 valence electrons. The Kier molecular flexibility index (Phi) is 3.94. The number of rotatable bonds is 4. The molecule has 2 aromatic carbocycles. The molecule has 2 N–H and O–H groups in total. The second kappa shape index (κ2) is 5.89. The SMILES string of the molecule is CC[n+]1c(NC(C)c2cc(Cl)ccc2[O-])[nH]c2ccccc21. The molecule has 1 heterocycles. The molecular formula is C17H18ClN3O. The van der Waals surface area contributed by atoms with E-state index in [1.54, 1.807) is 12.1 Å². The third-order valence-corrected chi connectivity index (χ3v) is 4.06. The van der Waals surface area contributed by atoms with E-state index in [1.807, 2.05) is 25.1 Å². The lowest BCUT2D eigenvalue weighted by molar-refractivity contribution is -0.653. The van der Waals surface area contributed by atoms with E-state index in [9.17, 15) is 5.11 Å². The molecule has 0 amide bonds. The van der Waals surface area contributed by atoms with Gasteiger partial charge in [0.05, 0.1) is 12.6 Å². The molecule has 0 spiro atoms. The number of aromatic amines is 1. The van der Waals surface area contributed by atoms with E-state index in [0.717, 1.165) is 23.5 Å². The van der Waals surface area contributed by atoms with Gasteiger partial charge in [0.1, 0.15) is 11.0 Å². The number of imidazole rings is 1. The number of anilines is 1. The molecule has 5 heteroatoms. The zero-order chi connectivity index (χ0) is 15.7. The number of fused-ring (bicyclic) bond motifs is 1. The fourth-order valence-electron chi connectivity index (χ4n) is 2.71. The summed E-state index contributed by atoms with van der Waals surface area (Å²) < 4.78 is 2.15. The molecule has 1 unspecified atom stereocenters. The number of hydrogen-bond donors (Lipinski definition) is 2. The number of H-pyrrole nitrogens is 1. The van der Waals surface area contributed by atoms with Crippen molar-refractivity contribution in [1.82, 2.24) is 4.98 Å². The van der Waals surface area contributed by atoms with Crippen LogP contribution >= 0.6 is 11.6 Å². The minimum Gasteiger partial charge on any atom is -0.872 e. The molecule has 0 saturated carbocycles. The first-order valence-electron chi connectivity index (χ1n) is 7.33. The van der Waals surface area contributed by atoms with Crippen LogP contribution in [0.4, 0.5) is 5.95 Å². The van der Waals surface area contributed by atoms with Crippen molar-refractivity contribution in [2.45, 2.75) is 26.4 Å². The number of nitrogens with zero attached hydrogens (tertiary/aromatic N) is 1. The zero-order valence-electron chi connectivity index (χ0n) is 12.6. The van der Waals surface area contributed by atoms with Gasteiger partial charge in [0, 0.05) is 5.02 Å². The zero-order valence-corrected chi connectivity index (χ0v) is 13.3. The third-order valence-electron chi connectivity index (χ3n) is 3.83. The molecule has 1 atom stereocenters. The van der Waals surface area contributed by atoms with Gasteiger partial charge in [-0.1, -0.05) is 29.8 Å². The van der Waals surface area contributed by atoms with E-state index in [1.165, 1.54) is 6.07 Å². The van der Waals surface area contributed by atoms with E-state index in [0.29, 0.717) is 10.6 Å². The number of para-hydroxylation sites is 2. The number of aromatic nitrogens is 2. The molecule has 0 radical (unpaired) electrons. The Labute approximate surface area is 134 Å². The number of hydrogen-bond acceptors (Lipinski definition) is 2. The summed E-state index contributed by atoms with van der Waals surface area (Å²) in [4.78, 5) is 3.37. The normalized spacial score (nSPS) is 12.5. The van der Waals surface area contributed by atoms with E-state index >= 15 is 0 Å². The van der Waals surface area contributed by atoms with Crippen molar-refractivity contribution >= 4 is 28.6 Å². The lowest BCUT2D eigenvalue weighted by atomic mass is 10.1. The molecule has 4 nitrogen and oxygen atoms in total. The highest BCUT2D eigenvalue weighted by atomic mass is 35.5. The van der Waals surface area contributed by atoms with Crippen LogP contribution in [-0.2, 0) is 6.54 Å². The van der Waals surface area contributed by atoms with E-state index in [4.69, 9.17) is 11.6 Å². The van der Waals surface area contributed by atoms with Gasteiger partial charge in [-0.2, -0.15) is 0 Å². The van der Waals surface area contributed by atoms with Crippen LogP contribution in [0.15, 0.2) is 42.5 Å². The smallest absolute Gasteiger partial charge is 0.356 e. The van der Waals surface area contributed by atoms with Crippen LogP contribution < -0.4 is 15.0 Å². The van der Waals surface area contributed by atoms with Gasteiger partial charge < -0.3 is 5.11 Å². The first kappa shape index (κ1) is 14.7. The van der Waals surface area contributed by atoms with Gasteiger partial charge in [-0.3, -0.25) is 5.32 Å². The number of halogens is 1. The van der Waals surface area contributed by atoms with E-state index < -0.39 is 0 Å². The summed E-state index contributed by atoms with van der Waals surface area (Å²) >= 11 is 6.01. The summed E-state index contributed by atoms with van der Waals surface area (Å²) in [6.45, 7) is 4.88. The molecule has 0 fully saturated rings. The number of nitrogens with one attached hydrogen (secondary N) is 2. The minimum absolute atomic E-state index is 0.0106. The molecule has 0 aliphatic rings.